The van der Waals surface area contributed by atoms with E-state index in [1.165, 1.54) is 11.1 Å². The smallest absolute Gasteiger partial charge is 0.121 e. The van der Waals surface area contributed by atoms with Gasteiger partial charge in [0.2, 0.25) is 0 Å². The van der Waals surface area contributed by atoms with Crippen LogP contribution in [0, 0.1) is 6.92 Å². The number of likely N-dealkylation sites (N-methyl/N-ethyl adjacent to an activating group) is 1. The molecule has 2 N–H and O–H groups in total. The van der Waals surface area contributed by atoms with Crippen LogP contribution in [0.1, 0.15) is 25.0 Å². The first-order chi connectivity index (χ1) is 8.48. The second kappa shape index (κ2) is 6.76. The van der Waals surface area contributed by atoms with Crippen molar-refractivity contribution in [2.45, 2.75) is 32.7 Å². The Bertz CT molecular complexity index is 375. The summed E-state index contributed by atoms with van der Waals surface area (Å²) in [5.41, 5.74) is 2.68. The zero-order valence-corrected chi connectivity index (χ0v) is 12.3. The van der Waals surface area contributed by atoms with E-state index < -0.39 is 0 Å². The van der Waals surface area contributed by atoms with Gasteiger partial charge in [0.25, 0.3) is 0 Å². The van der Waals surface area contributed by atoms with Gasteiger partial charge >= 0.3 is 0 Å². The van der Waals surface area contributed by atoms with Gasteiger partial charge in [-0.15, -0.1) is 0 Å². The summed E-state index contributed by atoms with van der Waals surface area (Å²) in [6.45, 7) is 8.46. The molecule has 0 spiro atoms. The lowest BCUT2D eigenvalue weighted by molar-refractivity contribution is 0.378. The minimum absolute atomic E-state index is 0.135. The van der Waals surface area contributed by atoms with E-state index in [2.05, 4.69) is 43.5 Å². The molecule has 0 radical (unpaired) electrons. The Hall–Kier alpha value is -1.06. The van der Waals surface area contributed by atoms with Gasteiger partial charge in [-0.3, -0.25) is 0 Å². The van der Waals surface area contributed by atoms with Crippen molar-refractivity contribution in [1.82, 2.24) is 10.6 Å². The number of rotatable bonds is 7. The van der Waals surface area contributed by atoms with Crippen molar-refractivity contribution in [3.05, 3.63) is 29.3 Å². The van der Waals surface area contributed by atoms with Crippen molar-refractivity contribution in [2.24, 2.45) is 0 Å². The second-order valence-electron chi connectivity index (χ2n) is 5.39. The molecule has 0 unspecified atom stereocenters. The number of hydrogen-bond donors (Lipinski definition) is 2. The van der Waals surface area contributed by atoms with Gasteiger partial charge in [-0.05, 0) is 58.0 Å². The fourth-order valence-corrected chi connectivity index (χ4v) is 2.15. The molecule has 1 rings (SSSR count). The summed E-state index contributed by atoms with van der Waals surface area (Å²) in [5.74, 6) is 0.960. The van der Waals surface area contributed by atoms with E-state index in [0.29, 0.717) is 0 Å². The maximum absolute atomic E-state index is 5.27. The van der Waals surface area contributed by atoms with Crippen LogP contribution < -0.4 is 15.4 Å². The van der Waals surface area contributed by atoms with E-state index in [4.69, 9.17) is 4.74 Å². The molecular weight excluding hydrogens is 224 g/mol. The summed E-state index contributed by atoms with van der Waals surface area (Å²) in [7, 11) is 3.69. The SMILES string of the molecule is CNCC(C)(C)NCCc1ccc(OC)c(C)c1. The summed E-state index contributed by atoms with van der Waals surface area (Å²) in [6, 6.07) is 6.38. The summed E-state index contributed by atoms with van der Waals surface area (Å²) in [5, 5.41) is 6.76. The third-order valence-electron chi connectivity index (χ3n) is 3.10. The van der Waals surface area contributed by atoms with Crippen molar-refractivity contribution in [1.29, 1.82) is 0 Å². The zero-order valence-electron chi connectivity index (χ0n) is 12.3. The molecule has 0 bridgehead atoms. The number of aryl methyl sites for hydroxylation is 1. The Labute approximate surface area is 111 Å². The van der Waals surface area contributed by atoms with Gasteiger partial charge in [0.15, 0.2) is 0 Å². The Balaban J connectivity index is 2.47. The predicted octanol–water partition coefficient (Wildman–Crippen LogP) is 2.13. The molecule has 0 aliphatic heterocycles. The van der Waals surface area contributed by atoms with Crippen LogP contribution in [0.15, 0.2) is 18.2 Å². The number of methoxy groups -OCH3 is 1. The minimum Gasteiger partial charge on any atom is -0.496 e. The topological polar surface area (TPSA) is 33.3 Å². The molecule has 0 saturated carbocycles. The molecule has 0 heterocycles. The maximum atomic E-state index is 5.27. The molecule has 0 aromatic heterocycles. The quantitative estimate of drug-likeness (QED) is 0.778. The standard InChI is InChI=1S/C15H26N2O/c1-12-10-13(6-7-14(12)18-5)8-9-17-15(2,3)11-16-4/h6-7,10,16-17H,8-9,11H2,1-5H3. The summed E-state index contributed by atoms with van der Waals surface area (Å²) < 4.78 is 5.27. The predicted molar refractivity (Wildman–Crippen MR) is 77.4 cm³/mol. The van der Waals surface area contributed by atoms with Gasteiger partial charge in [0, 0.05) is 12.1 Å². The fourth-order valence-electron chi connectivity index (χ4n) is 2.15. The van der Waals surface area contributed by atoms with Crippen LogP contribution in [0.25, 0.3) is 0 Å². The molecule has 1 aromatic carbocycles. The highest BCUT2D eigenvalue weighted by Gasteiger charge is 2.14. The van der Waals surface area contributed by atoms with Gasteiger partial charge in [0.1, 0.15) is 5.75 Å². The molecule has 0 aliphatic carbocycles. The Morgan fingerprint density at radius 3 is 2.56 bits per heavy atom. The van der Waals surface area contributed by atoms with E-state index in [9.17, 15) is 0 Å². The van der Waals surface area contributed by atoms with E-state index >= 15 is 0 Å². The molecule has 0 saturated heterocycles. The molecule has 0 atom stereocenters. The Morgan fingerprint density at radius 1 is 1.28 bits per heavy atom. The van der Waals surface area contributed by atoms with Crippen molar-refractivity contribution in [3.63, 3.8) is 0 Å². The van der Waals surface area contributed by atoms with Crippen LogP contribution in [0.5, 0.6) is 5.75 Å². The summed E-state index contributed by atoms with van der Waals surface area (Å²) in [4.78, 5) is 0. The largest absolute Gasteiger partial charge is 0.496 e. The van der Waals surface area contributed by atoms with Gasteiger partial charge in [-0.25, -0.2) is 0 Å². The van der Waals surface area contributed by atoms with E-state index in [1.54, 1.807) is 7.11 Å². The lowest BCUT2D eigenvalue weighted by atomic mass is 10.0. The van der Waals surface area contributed by atoms with E-state index in [-0.39, 0.29) is 5.54 Å². The molecule has 18 heavy (non-hydrogen) atoms. The van der Waals surface area contributed by atoms with E-state index in [1.807, 2.05) is 13.1 Å². The minimum atomic E-state index is 0.135. The lowest BCUT2D eigenvalue weighted by Gasteiger charge is -2.26. The molecular formula is C15H26N2O. The third-order valence-corrected chi connectivity index (χ3v) is 3.10. The first-order valence-corrected chi connectivity index (χ1v) is 6.51. The highest BCUT2D eigenvalue weighted by molar-refractivity contribution is 5.36. The molecule has 1 aromatic rings. The number of nitrogens with one attached hydrogen (secondary N) is 2. The van der Waals surface area contributed by atoms with Crippen LogP contribution in [-0.4, -0.2) is 32.8 Å². The van der Waals surface area contributed by atoms with Crippen molar-refractivity contribution >= 4 is 0 Å². The molecule has 3 heteroatoms. The normalized spacial score (nSPS) is 11.6. The van der Waals surface area contributed by atoms with Crippen LogP contribution in [0.4, 0.5) is 0 Å². The summed E-state index contributed by atoms with van der Waals surface area (Å²) in [6.07, 6.45) is 1.04. The van der Waals surface area contributed by atoms with Gasteiger partial charge in [0.05, 0.1) is 7.11 Å². The maximum Gasteiger partial charge on any atom is 0.121 e. The molecule has 0 aliphatic rings. The molecule has 102 valence electrons. The van der Waals surface area contributed by atoms with Gasteiger partial charge in [-0.2, -0.15) is 0 Å². The average Bonchev–Trinajstić information content (AvgIpc) is 2.29. The zero-order chi connectivity index (χ0) is 13.6. The van der Waals surface area contributed by atoms with Crippen LogP contribution in [0.2, 0.25) is 0 Å². The Morgan fingerprint density at radius 2 is 2.00 bits per heavy atom. The monoisotopic (exact) mass is 250 g/mol. The molecule has 0 amide bonds. The summed E-state index contributed by atoms with van der Waals surface area (Å²) >= 11 is 0. The van der Waals surface area contributed by atoms with Crippen molar-refractivity contribution in [3.8, 4) is 5.75 Å². The average molecular weight is 250 g/mol. The first-order valence-electron chi connectivity index (χ1n) is 6.51. The second-order valence-corrected chi connectivity index (χ2v) is 5.39. The highest BCUT2D eigenvalue weighted by Crippen LogP contribution is 2.18. The highest BCUT2D eigenvalue weighted by atomic mass is 16.5. The van der Waals surface area contributed by atoms with Crippen LogP contribution in [0.3, 0.4) is 0 Å². The van der Waals surface area contributed by atoms with Crippen LogP contribution >= 0.6 is 0 Å². The molecule has 0 fully saturated rings. The lowest BCUT2D eigenvalue weighted by Crippen LogP contribution is -2.47. The van der Waals surface area contributed by atoms with Gasteiger partial charge in [-0.1, -0.05) is 12.1 Å². The fraction of sp³-hybridized carbons (Fsp3) is 0.600. The van der Waals surface area contributed by atoms with Crippen LogP contribution in [-0.2, 0) is 6.42 Å². The number of ether oxygens (including phenoxy) is 1. The third kappa shape index (κ3) is 4.67. The Kier molecular flexibility index (Phi) is 5.63. The first kappa shape index (κ1) is 15.0. The van der Waals surface area contributed by atoms with E-state index in [0.717, 1.165) is 25.3 Å². The van der Waals surface area contributed by atoms with Crippen molar-refractivity contribution in [2.75, 3.05) is 27.2 Å². The van der Waals surface area contributed by atoms with Gasteiger partial charge < -0.3 is 15.4 Å². The van der Waals surface area contributed by atoms with Crippen molar-refractivity contribution < 1.29 is 4.74 Å². The molecule has 3 nitrogen and oxygen atoms in total. The number of hydrogen-bond acceptors (Lipinski definition) is 3. The number of benzene rings is 1.